The third-order valence-corrected chi connectivity index (χ3v) is 2.70. The Bertz CT molecular complexity index is 307. The summed E-state index contributed by atoms with van der Waals surface area (Å²) >= 11 is 0. The number of rotatable bonds is 3. The maximum atomic E-state index is 11.4. The minimum Gasteiger partial charge on any atom is -0.373 e. The lowest BCUT2D eigenvalue weighted by Crippen LogP contribution is -2.32. The first kappa shape index (κ1) is 13.9. The molecule has 0 aromatic rings. The van der Waals surface area contributed by atoms with E-state index < -0.39 is 5.97 Å². The van der Waals surface area contributed by atoms with Crippen LogP contribution in [-0.2, 0) is 19.2 Å². The van der Waals surface area contributed by atoms with E-state index in [0.717, 1.165) is 12.8 Å². The van der Waals surface area contributed by atoms with Gasteiger partial charge in [-0.2, -0.15) is 0 Å². The normalized spacial score (nSPS) is 24.9. The molecule has 0 bridgehead atoms. The van der Waals surface area contributed by atoms with Crippen LogP contribution < -0.4 is 0 Å². The standard InChI is InChI=1S/C12H19NO4/c1-12(2,3)16-10-6-4-9(5-7-10)11(15)17-13-8-14/h9-10H,4-7H2,1-3H3. The smallest absolute Gasteiger partial charge is 0.339 e. The van der Waals surface area contributed by atoms with E-state index in [1.807, 2.05) is 20.8 Å². The van der Waals surface area contributed by atoms with E-state index >= 15 is 0 Å². The van der Waals surface area contributed by atoms with Gasteiger partial charge in [0.15, 0.2) is 0 Å². The van der Waals surface area contributed by atoms with Gasteiger partial charge < -0.3 is 9.57 Å². The van der Waals surface area contributed by atoms with Crippen molar-refractivity contribution in [2.45, 2.75) is 58.2 Å². The van der Waals surface area contributed by atoms with Crippen molar-refractivity contribution in [3.63, 3.8) is 0 Å². The van der Waals surface area contributed by atoms with Crippen LogP contribution in [0.5, 0.6) is 0 Å². The Kier molecular flexibility index (Phi) is 4.85. The van der Waals surface area contributed by atoms with Gasteiger partial charge in [-0.05, 0) is 46.5 Å². The fourth-order valence-electron chi connectivity index (χ4n) is 2.05. The van der Waals surface area contributed by atoms with Gasteiger partial charge in [-0.3, -0.25) is 0 Å². The van der Waals surface area contributed by atoms with Crippen LogP contribution in [0.3, 0.4) is 0 Å². The molecule has 0 aliphatic heterocycles. The Morgan fingerprint density at radius 1 is 1.24 bits per heavy atom. The van der Waals surface area contributed by atoms with E-state index in [1.54, 1.807) is 0 Å². The molecule has 1 rings (SSSR count). The van der Waals surface area contributed by atoms with Crippen LogP contribution in [0.2, 0.25) is 0 Å². The van der Waals surface area contributed by atoms with Crippen LogP contribution >= 0.6 is 0 Å². The molecule has 5 heteroatoms. The van der Waals surface area contributed by atoms with Crippen molar-refractivity contribution in [2.24, 2.45) is 11.1 Å². The molecule has 1 aliphatic rings. The number of carbonyl (C=O) groups is 1. The largest absolute Gasteiger partial charge is 0.373 e. The summed E-state index contributed by atoms with van der Waals surface area (Å²) in [7, 11) is 0. The van der Waals surface area contributed by atoms with Crippen molar-refractivity contribution in [1.82, 2.24) is 0 Å². The molecular weight excluding hydrogens is 222 g/mol. The third kappa shape index (κ3) is 5.11. The van der Waals surface area contributed by atoms with E-state index in [4.69, 9.17) is 4.74 Å². The van der Waals surface area contributed by atoms with Gasteiger partial charge in [0.25, 0.3) is 6.08 Å². The molecule has 5 nitrogen and oxygen atoms in total. The Labute approximate surface area is 101 Å². The van der Waals surface area contributed by atoms with Crippen LogP contribution in [0.15, 0.2) is 5.16 Å². The second-order valence-corrected chi connectivity index (χ2v) is 5.30. The van der Waals surface area contributed by atoms with Crippen molar-refractivity contribution >= 4 is 12.0 Å². The molecule has 1 fully saturated rings. The lowest BCUT2D eigenvalue weighted by Gasteiger charge is -2.32. The van der Waals surface area contributed by atoms with Gasteiger partial charge in [-0.15, -0.1) is 0 Å². The topological polar surface area (TPSA) is 65.0 Å². The second kappa shape index (κ2) is 5.94. The summed E-state index contributed by atoms with van der Waals surface area (Å²) in [6, 6.07) is 0. The van der Waals surface area contributed by atoms with E-state index in [9.17, 15) is 9.59 Å². The third-order valence-electron chi connectivity index (χ3n) is 2.70. The zero-order valence-electron chi connectivity index (χ0n) is 10.6. The minimum absolute atomic E-state index is 0.153. The van der Waals surface area contributed by atoms with Crippen molar-refractivity contribution in [3.8, 4) is 0 Å². The molecule has 0 saturated heterocycles. The predicted molar refractivity (Wildman–Crippen MR) is 60.8 cm³/mol. The summed E-state index contributed by atoms with van der Waals surface area (Å²) in [5, 5.41) is 2.84. The molecule has 1 saturated carbocycles. The number of ether oxygens (including phenoxy) is 1. The number of carbonyl (C=O) groups excluding carboxylic acids is 2. The molecule has 0 N–H and O–H groups in total. The van der Waals surface area contributed by atoms with Crippen molar-refractivity contribution < 1.29 is 19.2 Å². The summed E-state index contributed by atoms with van der Waals surface area (Å²) < 4.78 is 5.85. The minimum atomic E-state index is -0.442. The molecule has 17 heavy (non-hydrogen) atoms. The Morgan fingerprint density at radius 3 is 2.29 bits per heavy atom. The second-order valence-electron chi connectivity index (χ2n) is 5.30. The van der Waals surface area contributed by atoms with Crippen molar-refractivity contribution in [3.05, 3.63) is 0 Å². The van der Waals surface area contributed by atoms with E-state index in [2.05, 4.69) is 9.99 Å². The number of hydrogen-bond acceptors (Lipinski definition) is 5. The highest BCUT2D eigenvalue weighted by molar-refractivity contribution is 5.72. The Morgan fingerprint density at radius 2 is 1.82 bits per heavy atom. The zero-order chi connectivity index (χ0) is 12.9. The molecule has 0 spiro atoms. The molecule has 0 radical (unpaired) electrons. The first-order chi connectivity index (χ1) is 7.92. The van der Waals surface area contributed by atoms with Crippen LogP contribution in [0.4, 0.5) is 0 Å². The first-order valence-electron chi connectivity index (χ1n) is 5.88. The van der Waals surface area contributed by atoms with Gasteiger partial charge in [-0.1, -0.05) is 0 Å². The molecule has 0 heterocycles. The summed E-state index contributed by atoms with van der Waals surface area (Å²) in [4.78, 5) is 25.6. The van der Waals surface area contributed by atoms with Gasteiger partial charge in [0.2, 0.25) is 0 Å². The maximum Gasteiger partial charge on any atom is 0.339 e. The fourth-order valence-corrected chi connectivity index (χ4v) is 2.05. The molecule has 1 aliphatic carbocycles. The monoisotopic (exact) mass is 241 g/mol. The summed E-state index contributed by atoms with van der Waals surface area (Å²) in [5.41, 5.74) is -0.153. The average molecular weight is 241 g/mol. The summed E-state index contributed by atoms with van der Waals surface area (Å²) in [6.45, 7) is 6.06. The Balaban J connectivity index is 2.35. The first-order valence-corrected chi connectivity index (χ1v) is 5.88. The highest BCUT2D eigenvalue weighted by Crippen LogP contribution is 2.29. The van der Waals surface area contributed by atoms with Crippen LogP contribution in [0, 0.1) is 5.92 Å². The molecule has 0 unspecified atom stereocenters. The SMILES string of the molecule is CC(C)(C)OC1CCC(C(=O)ON=C=O)CC1. The van der Waals surface area contributed by atoms with Crippen molar-refractivity contribution in [1.29, 1.82) is 0 Å². The number of nitrogens with zero attached hydrogens (tertiary/aromatic N) is 1. The molecule has 96 valence electrons. The quantitative estimate of drug-likeness (QED) is 0.329. The molecule has 0 atom stereocenters. The fraction of sp³-hybridized carbons (Fsp3) is 0.833. The zero-order valence-corrected chi connectivity index (χ0v) is 10.6. The lowest BCUT2D eigenvalue weighted by molar-refractivity contribution is -0.151. The van der Waals surface area contributed by atoms with Crippen LogP contribution in [0.25, 0.3) is 0 Å². The maximum absolute atomic E-state index is 11.4. The molecule has 0 amide bonds. The number of hydrogen-bond donors (Lipinski definition) is 0. The summed E-state index contributed by atoms with van der Waals surface area (Å²) in [6.07, 6.45) is 4.49. The van der Waals surface area contributed by atoms with E-state index in [-0.39, 0.29) is 17.6 Å². The average Bonchev–Trinajstić information content (AvgIpc) is 2.24. The molecule has 0 aromatic carbocycles. The lowest BCUT2D eigenvalue weighted by atomic mass is 9.87. The highest BCUT2D eigenvalue weighted by atomic mass is 16.7. The van der Waals surface area contributed by atoms with Gasteiger partial charge in [0, 0.05) is 5.16 Å². The number of isocyanates is 1. The van der Waals surface area contributed by atoms with Gasteiger partial charge in [0.05, 0.1) is 17.6 Å². The highest BCUT2D eigenvalue weighted by Gasteiger charge is 2.30. The van der Waals surface area contributed by atoms with Crippen LogP contribution in [0.1, 0.15) is 46.5 Å². The van der Waals surface area contributed by atoms with Gasteiger partial charge >= 0.3 is 5.97 Å². The van der Waals surface area contributed by atoms with Crippen LogP contribution in [-0.4, -0.2) is 23.8 Å². The van der Waals surface area contributed by atoms with Gasteiger partial charge in [-0.25, -0.2) is 9.59 Å². The van der Waals surface area contributed by atoms with E-state index in [1.165, 1.54) is 6.08 Å². The summed E-state index contributed by atoms with van der Waals surface area (Å²) in [5.74, 6) is -0.616. The van der Waals surface area contributed by atoms with Crippen molar-refractivity contribution in [2.75, 3.05) is 0 Å². The van der Waals surface area contributed by atoms with Gasteiger partial charge in [0.1, 0.15) is 0 Å². The Hall–Kier alpha value is -1.19. The molecule has 0 aromatic heterocycles. The van der Waals surface area contributed by atoms with E-state index in [0.29, 0.717) is 12.8 Å². The molecular formula is C12H19NO4. The predicted octanol–water partition coefficient (Wildman–Crippen LogP) is 2.15.